The Morgan fingerprint density at radius 2 is 2.32 bits per heavy atom. The number of rotatable bonds is 6. The van der Waals surface area contributed by atoms with Crippen molar-refractivity contribution in [2.24, 2.45) is 5.73 Å². The zero-order valence-corrected chi connectivity index (χ0v) is 12.0. The number of carbonyl (C=O) groups is 1. The number of thioether (sulfide) groups is 1. The van der Waals surface area contributed by atoms with E-state index < -0.39 is 11.5 Å². The first-order valence-corrected chi connectivity index (χ1v) is 7.28. The van der Waals surface area contributed by atoms with Crippen LogP contribution in [0.25, 0.3) is 4.85 Å². The minimum absolute atomic E-state index is 0.379. The molecule has 19 heavy (non-hydrogen) atoms. The van der Waals surface area contributed by atoms with Gasteiger partial charge in [-0.3, -0.25) is 4.79 Å². The maximum Gasteiger partial charge on any atom is 0.326 e. The van der Waals surface area contributed by atoms with E-state index in [2.05, 4.69) is 4.85 Å². The Hall–Kier alpha value is -1.51. The lowest BCUT2D eigenvalue weighted by Gasteiger charge is -2.26. The lowest BCUT2D eigenvalue weighted by Crippen LogP contribution is -2.51. The van der Waals surface area contributed by atoms with Gasteiger partial charge in [-0.05, 0) is 24.9 Å². The molecule has 1 aromatic rings. The summed E-state index contributed by atoms with van der Waals surface area (Å²) in [5, 5.41) is 0. The number of nitrogens with two attached hydrogens (primary N) is 1. The zero-order valence-electron chi connectivity index (χ0n) is 11.2. The predicted octanol–water partition coefficient (Wildman–Crippen LogP) is 2.40. The van der Waals surface area contributed by atoms with Crippen molar-refractivity contribution in [3.05, 3.63) is 41.2 Å². The number of carbonyl (C=O) groups excluding carboxylic acids is 1. The van der Waals surface area contributed by atoms with Crippen LogP contribution in [0.2, 0.25) is 0 Å². The van der Waals surface area contributed by atoms with Crippen LogP contribution in [0.1, 0.15) is 12.0 Å². The van der Waals surface area contributed by atoms with Crippen molar-refractivity contribution >= 4 is 23.4 Å². The molecular formula is C14H18N2O2S. The van der Waals surface area contributed by atoms with Crippen molar-refractivity contribution in [3.8, 4) is 0 Å². The molecule has 5 heteroatoms. The van der Waals surface area contributed by atoms with Crippen LogP contribution in [0.5, 0.6) is 0 Å². The standard InChI is InChI=1S/C14H18N2O2S/c1-16-12-6-4-5-11(9-12)10-14(15,7-8-19-3)13(17)18-2/h4-6,9H,7-8,10,15H2,2-3H3. The Labute approximate surface area is 118 Å². The maximum absolute atomic E-state index is 11.9. The summed E-state index contributed by atoms with van der Waals surface area (Å²) < 4.78 is 4.81. The Bertz CT molecular complexity index is 485. The Kier molecular flexibility index (Phi) is 5.87. The minimum atomic E-state index is -1.03. The maximum atomic E-state index is 11.9. The average molecular weight is 278 g/mol. The number of hydrogen-bond acceptors (Lipinski definition) is 4. The fraction of sp³-hybridized carbons (Fsp3) is 0.429. The Morgan fingerprint density at radius 3 is 2.89 bits per heavy atom. The summed E-state index contributed by atoms with van der Waals surface area (Å²) in [5.41, 5.74) is 6.59. The molecule has 0 aliphatic heterocycles. The molecule has 0 heterocycles. The Balaban J connectivity index is 2.93. The molecule has 2 N–H and O–H groups in total. The summed E-state index contributed by atoms with van der Waals surface area (Å²) in [6, 6.07) is 7.17. The third-order valence-corrected chi connectivity index (χ3v) is 3.52. The summed E-state index contributed by atoms with van der Waals surface area (Å²) in [6.45, 7) is 7.00. The first kappa shape index (κ1) is 15.5. The van der Waals surface area contributed by atoms with Crippen molar-refractivity contribution in [2.45, 2.75) is 18.4 Å². The highest BCUT2D eigenvalue weighted by Crippen LogP contribution is 2.22. The average Bonchev–Trinajstić information content (AvgIpc) is 2.44. The smallest absolute Gasteiger partial charge is 0.326 e. The SMILES string of the molecule is [C-]#[N+]c1cccc(CC(N)(CCSC)C(=O)OC)c1. The van der Waals surface area contributed by atoms with Gasteiger partial charge in [-0.15, -0.1) is 0 Å². The zero-order chi connectivity index (χ0) is 14.3. The monoisotopic (exact) mass is 278 g/mol. The van der Waals surface area contributed by atoms with Crippen LogP contribution in [0, 0.1) is 6.57 Å². The van der Waals surface area contributed by atoms with Gasteiger partial charge in [0.2, 0.25) is 0 Å². The van der Waals surface area contributed by atoms with Crippen LogP contribution in [0.4, 0.5) is 5.69 Å². The third kappa shape index (κ3) is 4.27. The van der Waals surface area contributed by atoms with E-state index in [0.29, 0.717) is 18.5 Å². The second kappa shape index (κ2) is 7.17. The van der Waals surface area contributed by atoms with Gasteiger partial charge in [0.1, 0.15) is 5.54 Å². The summed E-state index contributed by atoms with van der Waals surface area (Å²) in [5.74, 6) is 0.378. The van der Waals surface area contributed by atoms with Gasteiger partial charge < -0.3 is 10.5 Å². The van der Waals surface area contributed by atoms with Crippen molar-refractivity contribution in [1.29, 1.82) is 0 Å². The van der Waals surface area contributed by atoms with Gasteiger partial charge in [0.25, 0.3) is 0 Å². The number of hydrogen-bond donors (Lipinski definition) is 1. The van der Waals surface area contributed by atoms with E-state index in [1.165, 1.54) is 7.11 Å². The highest BCUT2D eigenvalue weighted by atomic mass is 32.2. The second-order valence-corrected chi connectivity index (χ2v) is 5.33. The van der Waals surface area contributed by atoms with Crippen molar-refractivity contribution in [2.75, 3.05) is 19.1 Å². The van der Waals surface area contributed by atoms with Crippen LogP contribution < -0.4 is 5.73 Å². The summed E-state index contributed by atoms with van der Waals surface area (Å²) in [4.78, 5) is 15.3. The predicted molar refractivity (Wildman–Crippen MR) is 78.3 cm³/mol. The van der Waals surface area contributed by atoms with Gasteiger partial charge in [-0.2, -0.15) is 11.8 Å². The largest absolute Gasteiger partial charge is 0.468 e. The molecule has 0 radical (unpaired) electrons. The summed E-state index contributed by atoms with van der Waals surface area (Å²) >= 11 is 1.64. The molecule has 0 aliphatic rings. The van der Waals surface area contributed by atoms with E-state index in [1.807, 2.05) is 12.3 Å². The topological polar surface area (TPSA) is 56.7 Å². The number of ether oxygens (including phenoxy) is 1. The van der Waals surface area contributed by atoms with E-state index in [0.717, 1.165) is 11.3 Å². The molecular weight excluding hydrogens is 260 g/mol. The number of benzene rings is 1. The molecule has 0 fully saturated rings. The van der Waals surface area contributed by atoms with Crippen LogP contribution in [-0.4, -0.2) is 30.6 Å². The molecule has 0 aromatic heterocycles. The number of esters is 1. The van der Waals surface area contributed by atoms with Crippen LogP contribution >= 0.6 is 11.8 Å². The van der Waals surface area contributed by atoms with E-state index >= 15 is 0 Å². The molecule has 0 bridgehead atoms. The molecule has 1 atom stereocenters. The first-order chi connectivity index (χ1) is 9.05. The molecule has 0 amide bonds. The molecule has 1 aromatic carbocycles. The van der Waals surface area contributed by atoms with Crippen LogP contribution in [-0.2, 0) is 16.0 Å². The van der Waals surface area contributed by atoms with Gasteiger partial charge in [0.15, 0.2) is 5.69 Å². The minimum Gasteiger partial charge on any atom is -0.468 e. The normalized spacial score (nSPS) is 13.4. The highest BCUT2D eigenvalue weighted by Gasteiger charge is 2.34. The van der Waals surface area contributed by atoms with E-state index in [-0.39, 0.29) is 0 Å². The molecule has 0 spiro atoms. The van der Waals surface area contributed by atoms with Crippen molar-refractivity contribution in [1.82, 2.24) is 0 Å². The van der Waals surface area contributed by atoms with Crippen LogP contribution in [0.3, 0.4) is 0 Å². The molecule has 1 rings (SSSR count). The highest BCUT2D eigenvalue weighted by molar-refractivity contribution is 7.98. The van der Waals surface area contributed by atoms with Crippen molar-refractivity contribution in [3.63, 3.8) is 0 Å². The summed E-state index contributed by atoms with van der Waals surface area (Å²) in [7, 11) is 1.35. The molecule has 0 aliphatic carbocycles. The number of nitrogens with zero attached hydrogens (tertiary/aromatic N) is 1. The fourth-order valence-electron chi connectivity index (χ4n) is 1.85. The fourth-order valence-corrected chi connectivity index (χ4v) is 2.42. The quantitative estimate of drug-likeness (QED) is 0.641. The lowest BCUT2D eigenvalue weighted by molar-refractivity contribution is -0.147. The van der Waals surface area contributed by atoms with Gasteiger partial charge in [-0.25, -0.2) is 4.85 Å². The first-order valence-electron chi connectivity index (χ1n) is 5.88. The molecule has 102 valence electrons. The van der Waals surface area contributed by atoms with E-state index in [1.54, 1.807) is 30.0 Å². The number of methoxy groups -OCH3 is 1. The Morgan fingerprint density at radius 1 is 1.58 bits per heavy atom. The second-order valence-electron chi connectivity index (χ2n) is 4.35. The van der Waals surface area contributed by atoms with E-state index in [9.17, 15) is 4.79 Å². The van der Waals surface area contributed by atoms with Gasteiger partial charge in [-0.1, -0.05) is 29.8 Å². The molecule has 0 saturated carbocycles. The van der Waals surface area contributed by atoms with E-state index in [4.69, 9.17) is 17.0 Å². The van der Waals surface area contributed by atoms with Gasteiger partial charge in [0.05, 0.1) is 13.7 Å². The molecule has 1 unspecified atom stereocenters. The third-order valence-electron chi connectivity index (χ3n) is 2.90. The van der Waals surface area contributed by atoms with Gasteiger partial charge >= 0.3 is 5.97 Å². The van der Waals surface area contributed by atoms with Crippen LogP contribution in [0.15, 0.2) is 24.3 Å². The summed E-state index contributed by atoms with van der Waals surface area (Å²) in [6.07, 6.45) is 2.89. The van der Waals surface area contributed by atoms with Gasteiger partial charge in [0, 0.05) is 0 Å². The lowest BCUT2D eigenvalue weighted by atomic mass is 9.89. The van der Waals surface area contributed by atoms with Crippen molar-refractivity contribution < 1.29 is 9.53 Å². The molecule has 4 nitrogen and oxygen atoms in total. The molecule has 0 saturated heterocycles.